The highest BCUT2D eigenvalue weighted by molar-refractivity contribution is 5.25. The van der Waals surface area contributed by atoms with Gasteiger partial charge in [-0.05, 0) is 19.1 Å². The van der Waals surface area contributed by atoms with Gasteiger partial charge in [0, 0.05) is 24.5 Å². The van der Waals surface area contributed by atoms with Crippen LogP contribution in [0.1, 0.15) is 6.92 Å². The van der Waals surface area contributed by atoms with Gasteiger partial charge in [0.25, 0.3) is 0 Å². The van der Waals surface area contributed by atoms with E-state index in [0.29, 0.717) is 12.0 Å². The maximum absolute atomic E-state index is 13.4. The molecule has 1 atom stereocenters. The smallest absolute Gasteiger partial charge is 0.200 e. The molecule has 1 aromatic rings. The second kappa shape index (κ2) is 4.72. The van der Waals surface area contributed by atoms with E-state index in [9.17, 15) is 8.78 Å². The third-order valence-corrected chi connectivity index (χ3v) is 3.91. The highest BCUT2D eigenvalue weighted by Gasteiger charge is 2.50. The van der Waals surface area contributed by atoms with Crippen LogP contribution in [-0.2, 0) is 4.74 Å². The van der Waals surface area contributed by atoms with Crippen molar-refractivity contribution in [1.29, 1.82) is 0 Å². The van der Waals surface area contributed by atoms with Crippen molar-refractivity contribution in [3.8, 4) is 5.75 Å². The van der Waals surface area contributed by atoms with Crippen LogP contribution in [0.5, 0.6) is 5.75 Å². The topological polar surface area (TPSA) is 21.7 Å². The lowest BCUT2D eigenvalue weighted by atomic mass is 9.77. The van der Waals surface area contributed by atoms with Gasteiger partial charge in [-0.15, -0.1) is 0 Å². The fourth-order valence-corrected chi connectivity index (χ4v) is 2.61. The molecule has 2 aliphatic heterocycles. The van der Waals surface area contributed by atoms with Crippen molar-refractivity contribution in [2.24, 2.45) is 5.41 Å². The van der Waals surface area contributed by atoms with Crippen molar-refractivity contribution < 1.29 is 18.3 Å². The molecule has 1 unspecified atom stereocenters. The Balaban J connectivity index is 1.51. The number of hydrogen-bond acceptors (Lipinski definition) is 3. The molecule has 19 heavy (non-hydrogen) atoms. The number of nitrogens with zero attached hydrogens (tertiary/aromatic N) is 1. The van der Waals surface area contributed by atoms with Crippen LogP contribution in [0.25, 0.3) is 0 Å². The Hall–Kier alpha value is -1.20. The SMILES string of the molecule is CC(COc1cccc(F)c1F)N1CC2(COC2)C1. The maximum Gasteiger partial charge on any atom is 0.200 e. The van der Waals surface area contributed by atoms with Gasteiger partial charge in [-0.1, -0.05) is 6.07 Å². The average Bonchev–Trinajstić information content (AvgIpc) is 2.27. The number of benzene rings is 1. The van der Waals surface area contributed by atoms with E-state index in [1.54, 1.807) is 0 Å². The fourth-order valence-electron chi connectivity index (χ4n) is 2.61. The summed E-state index contributed by atoms with van der Waals surface area (Å²) in [5.74, 6) is -1.81. The van der Waals surface area contributed by atoms with E-state index >= 15 is 0 Å². The van der Waals surface area contributed by atoms with Gasteiger partial charge in [-0.25, -0.2) is 4.39 Å². The summed E-state index contributed by atoms with van der Waals surface area (Å²) < 4.78 is 37.0. The molecule has 2 fully saturated rings. The minimum atomic E-state index is -0.915. The van der Waals surface area contributed by atoms with Gasteiger partial charge in [0.15, 0.2) is 11.6 Å². The number of hydrogen-bond donors (Lipinski definition) is 0. The second-order valence-electron chi connectivity index (χ2n) is 5.61. The van der Waals surface area contributed by atoms with Crippen molar-refractivity contribution in [3.63, 3.8) is 0 Å². The Morgan fingerprint density at radius 2 is 2.11 bits per heavy atom. The molecule has 104 valence electrons. The predicted molar refractivity (Wildman–Crippen MR) is 66.1 cm³/mol. The summed E-state index contributed by atoms with van der Waals surface area (Å²) >= 11 is 0. The van der Waals surface area contributed by atoms with Gasteiger partial charge < -0.3 is 9.47 Å². The van der Waals surface area contributed by atoms with Gasteiger partial charge in [-0.3, -0.25) is 4.90 Å². The Morgan fingerprint density at radius 1 is 1.37 bits per heavy atom. The molecule has 0 bridgehead atoms. The summed E-state index contributed by atoms with van der Waals surface area (Å²) in [5.41, 5.74) is 0.359. The number of rotatable bonds is 4. The molecule has 5 heteroatoms. The molecule has 2 saturated heterocycles. The number of ether oxygens (including phenoxy) is 2. The van der Waals surface area contributed by atoms with Crippen LogP contribution < -0.4 is 4.74 Å². The van der Waals surface area contributed by atoms with E-state index in [-0.39, 0.29) is 11.8 Å². The molecule has 0 radical (unpaired) electrons. The summed E-state index contributed by atoms with van der Waals surface area (Å²) in [7, 11) is 0. The van der Waals surface area contributed by atoms with Gasteiger partial charge in [-0.2, -0.15) is 4.39 Å². The fraction of sp³-hybridized carbons (Fsp3) is 0.571. The van der Waals surface area contributed by atoms with E-state index in [1.165, 1.54) is 12.1 Å². The Bertz CT molecular complexity index is 469. The van der Waals surface area contributed by atoms with E-state index < -0.39 is 11.6 Å². The van der Waals surface area contributed by atoms with Crippen molar-refractivity contribution in [2.75, 3.05) is 32.9 Å². The van der Waals surface area contributed by atoms with Crippen molar-refractivity contribution in [3.05, 3.63) is 29.8 Å². The molecule has 0 N–H and O–H groups in total. The summed E-state index contributed by atoms with van der Waals surface area (Å²) in [6.07, 6.45) is 0. The van der Waals surface area contributed by atoms with E-state index in [1.807, 2.05) is 6.92 Å². The molecule has 2 heterocycles. The first kappa shape index (κ1) is 12.8. The van der Waals surface area contributed by atoms with Crippen LogP contribution in [0.2, 0.25) is 0 Å². The quantitative estimate of drug-likeness (QED) is 0.835. The molecular formula is C14H17F2NO2. The lowest BCUT2D eigenvalue weighted by Crippen LogP contribution is -2.68. The lowest BCUT2D eigenvalue weighted by molar-refractivity contribution is -0.198. The highest BCUT2D eigenvalue weighted by atomic mass is 19.2. The zero-order valence-corrected chi connectivity index (χ0v) is 10.9. The van der Waals surface area contributed by atoms with Crippen LogP contribution in [-0.4, -0.2) is 43.9 Å². The van der Waals surface area contributed by atoms with Crippen LogP contribution >= 0.6 is 0 Å². The van der Waals surface area contributed by atoms with E-state index in [2.05, 4.69) is 4.90 Å². The third-order valence-electron chi connectivity index (χ3n) is 3.91. The lowest BCUT2D eigenvalue weighted by Gasteiger charge is -2.56. The first-order valence-electron chi connectivity index (χ1n) is 6.48. The monoisotopic (exact) mass is 269 g/mol. The predicted octanol–water partition coefficient (Wildman–Crippen LogP) is 2.06. The van der Waals surface area contributed by atoms with Crippen molar-refractivity contribution in [1.82, 2.24) is 4.90 Å². The Kier molecular flexibility index (Phi) is 3.19. The molecule has 3 rings (SSSR count). The van der Waals surface area contributed by atoms with Gasteiger partial charge in [0.05, 0.1) is 13.2 Å². The molecular weight excluding hydrogens is 252 g/mol. The normalized spacial score (nSPS) is 22.7. The van der Waals surface area contributed by atoms with Crippen LogP contribution in [0.4, 0.5) is 8.78 Å². The summed E-state index contributed by atoms with van der Waals surface area (Å²) in [5, 5.41) is 0. The number of halogens is 2. The maximum atomic E-state index is 13.4. The summed E-state index contributed by atoms with van der Waals surface area (Å²) in [6.45, 7) is 6.08. The minimum Gasteiger partial charge on any atom is -0.489 e. The van der Waals surface area contributed by atoms with Crippen LogP contribution in [0.3, 0.4) is 0 Å². The first-order valence-corrected chi connectivity index (χ1v) is 6.48. The summed E-state index contributed by atoms with van der Waals surface area (Å²) in [4.78, 5) is 2.28. The zero-order chi connectivity index (χ0) is 13.5. The molecule has 0 saturated carbocycles. The third kappa shape index (κ3) is 2.32. The van der Waals surface area contributed by atoms with Gasteiger partial charge >= 0.3 is 0 Å². The summed E-state index contributed by atoms with van der Waals surface area (Å²) in [6, 6.07) is 4.17. The number of likely N-dealkylation sites (tertiary alicyclic amines) is 1. The van der Waals surface area contributed by atoms with Crippen molar-refractivity contribution in [2.45, 2.75) is 13.0 Å². The van der Waals surface area contributed by atoms with E-state index in [4.69, 9.17) is 9.47 Å². The van der Waals surface area contributed by atoms with Gasteiger partial charge in [0.1, 0.15) is 6.61 Å². The van der Waals surface area contributed by atoms with E-state index in [0.717, 1.165) is 32.4 Å². The molecule has 2 aliphatic rings. The molecule has 1 spiro atoms. The van der Waals surface area contributed by atoms with Crippen molar-refractivity contribution >= 4 is 0 Å². The molecule has 0 aliphatic carbocycles. The first-order chi connectivity index (χ1) is 9.10. The Labute approximate surface area is 111 Å². The second-order valence-corrected chi connectivity index (χ2v) is 5.61. The highest BCUT2D eigenvalue weighted by Crippen LogP contribution is 2.38. The Morgan fingerprint density at radius 3 is 2.74 bits per heavy atom. The van der Waals surface area contributed by atoms with Crippen LogP contribution in [0, 0.1) is 17.0 Å². The molecule has 3 nitrogen and oxygen atoms in total. The standard InChI is InChI=1S/C14H17F2NO2/c1-10(17-6-14(7-17)8-18-9-14)5-19-12-4-2-3-11(15)13(12)16/h2-4,10H,5-9H2,1H3. The van der Waals surface area contributed by atoms with Gasteiger partial charge in [0.2, 0.25) is 5.82 Å². The molecule has 1 aromatic carbocycles. The zero-order valence-electron chi connectivity index (χ0n) is 10.9. The molecule has 0 amide bonds. The minimum absolute atomic E-state index is 0.0194. The average molecular weight is 269 g/mol. The van der Waals surface area contributed by atoms with Crippen LogP contribution in [0.15, 0.2) is 18.2 Å². The largest absolute Gasteiger partial charge is 0.489 e. The molecule has 0 aromatic heterocycles.